The number of fused-ring (bicyclic) bond motifs is 1. The van der Waals surface area contributed by atoms with E-state index in [9.17, 15) is 9.18 Å². The third-order valence-corrected chi connectivity index (χ3v) is 3.99. The summed E-state index contributed by atoms with van der Waals surface area (Å²) in [5.41, 5.74) is 0.753. The van der Waals surface area contributed by atoms with Crippen LogP contribution < -0.4 is 5.32 Å². The van der Waals surface area contributed by atoms with Crippen molar-refractivity contribution < 1.29 is 9.18 Å². The molecule has 2 aliphatic heterocycles. The van der Waals surface area contributed by atoms with Crippen LogP contribution in [0.3, 0.4) is 0 Å². The smallest absolute Gasteiger partial charge is 0.244 e. The van der Waals surface area contributed by atoms with E-state index in [-0.39, 0.29) is 17.8 Å². The molecule has 0 radical (unpaired) electrons. The lowest BCUT2D eigenvalue weighted by Crippen LogP contribution is -2.63. The Hall–Kier alpha value is -1.46. The number of nitrogens with one attached hydrogen (secondary N) is 1. The highest BCUT2D eigenvalue weighted by Gasteiger charge is 2.40. The average Bonchev–Trinajstić information content (AvgIpc) is 2.40. The van der Waals surface area contributed by atoms with Crippen LogP contribution in [0.4, 0.5) is 4.39 Å². The molecule has 2 aliphatic rings. The first kappa shape index (κ1) is 12.6. The number of likely N-dealkylation sites (N-methyl/N-ethyl adjacent to an activating group) is 1. The van der Waals surface area contributed by atoms with Crippen LogP contribution in [0, 0.1) is 5.82 Å². The molecule has 0 aromatic heterocycles. The monoisotopic (exact) mass is 263 g/mol. The molecule has 2 saturated heterocycles. The first-order chi connectivity index (χ1) is 9.16. The van der Waals surface area contributed by atoms with Crippen molar-refractivity contribution in [1.29, 1.82) is 0 Å². The van der Waals surface area contributed by atoms with E-state index in [0.717, 1.165) is 31.7 Å². The zero-order valence-corrected chi connectivity index (χ0v) is 11.0. The van der Waals surface area contributed by atoms with E-state index in [1.54, 1.807) is 11.0 Å². The Bertz CT molecular complexity index is 493. The van der Waals surface area contributed by atoms with Gasteiger partial charge in [-0.05, 0) is 17.7 Å². The van der Waals surface area contributed by atoms with Gasteiger partial charge in [0.05, 0.1) is 0 Å². The van der Waals surface area contributed by atoms with E-state index in [0.29, 0.717) is 6.04 Å². The summed E-state index contributed by atoms with van der Waals surface area (Å²) in [7, 11) is 1.82. The molecular weight excluding hydrogens is 245 g/mol. The Morgan fingerprint density at radius 3 is 3.05 bits per heavy atom. The summed E-state index contributed by atoms with van der Waals surface area (Å²) >= 11 is 0. The molecule has 4 nitrogen and oxygen atoms in total. The van der Waals surface area contributed by atoms with Crippen LogP contribution >= 0.6 is 0 Å². The third kappa shape index (κ3) is 2.24. The molecule has 0 spiro atoms. The molecule has 1 N–H and O–H groups in total. The Morgan fingerprint density at radius 2 is 2.26 bits per heavy atom. The lowest BCUT2D eigenvalue weighted by molar-refractivity contribution is -0.144. The SMILES string of the molecule is CN1CC2CNCCN2C(c2cccc(F)c2)C1=O. The van der Waals surface area contributed by atoms with Gasteiger partial charge >= 0.3 is 0 Å². The maximum Gasteiger partial charge on any atom is 0.244 e. The zero-order valence-electron chi connectivity index (χ0n) is 11.0. The summed E-state index contributed by atoms with van der Waals surface area (Å²) in [6.45, 7) is 3.31. The van der Waals surface area contributed by atoms with Gasteiger partial charge in [-0.2, -0.15) is 0 Å². The minimum Gasteiger partial charge on any atom is -0.342 e. The Morgan fingerprint density at radius 1 is 1.42 bits per heavy atom. The zero-order chi connectivity index (χ0) is 13.4. The van der Waals surface area contributed by atoms with Gasteiger partial charge in [0, 0.05) is 39.3 Å². The van der Waals surface area contributed by atoms with Crippen LogP contribution in [0.15, 0.2) is 24.3 Å². The van der Waals surface area contributed by atoms with Crippen molar-refractivity contribution in [3.63, 3.8) is 0 Å². The lowest BCUT2D eigenvalue weighted by atomic mass is 9.97. The van der Waals surface area contributed by atoms with Crippen molar-refractivity contribution in [1.82, 2.24) is 15.1 Å². The van der Waals surface area contributed by atoms with Crippen molar-refractivity contribution in [3.05, 3.63) is 35.6 Å². The fraction of sp³-hybridized carbons (Fsp3) is 0.500. The Kier molecular flexibility index (Phi) is 3.24. The second kappa shape index (κ2) is 4.90. The van der Waals surface area contributed by atoms with E-state index >= 15 is 0 Å². The van der Waals surface area contributed by atoms with Gasteiger partial charge in [0.2, 0.25) is 5.91 Å². The van der Waals surface area contributed by atoms with Gasteiger partial charge in [-0.25, -0.2) is 4.39 Å². The molecule has 1 aromatic rings. The molecule has 2 unspecified atom stereocenters. The Labute approximate surface area is 112 Å². The van der Waals surface area contributed by atoms with Crippen LogP contribution in [0.25, 0.3) is 0 Å². The number of halogens is 1. The molecule has 3 rings (SSSR count). The number of benzene rings is 1. The Balaban J connectivity index is 1.97. The number of hydrogen-bond acceptors (Lipinski definition) is 3. The second-order valence-electron chi connectivity index (χ2n) is 5.27. The third-order valence-electron chi connectivity index (χ3n) is 3.99. The molecule has 1 aromatic carbocycles. The van der Waals surface area contributed by atoms with Crippen LogP contribution in [0.1, 0.15) is 11.6 Å². The molecule has 102 valence electrons. The number of piperazine rings is 2. The molecule has 5 heteroatoms. The van der Waals surface area contributed by atoms with Crippen LogP contribution in [0.2, 0.25) is 0 Å². The van der Waals surface area contributed by atoms with Gasteiger partial charge in [-0.3, -0.25) is 9.69 Å². The maximum atomic E-state index is 13.4. The van der Waals surface area contributed by atoms with E-state index in [4.69, 9.17) is 0 Å². The summed E-state index contributed by atoms with van der Waals surface area (Å²) in [6, 6.07) is 6.36. The van der Waals surface area contributed by atoms with Gasteiger partial charge < -0.3 is 10.2 Å². The highest BCUT2D eigenvalue weighted by Crippen LogP contribution is 2.30. The quantitative estimate of drug-likeness (QED) is 0.806. The summed E-state index contributed by atoms with van der Waals surface area (Å²) in [4.78, 5) is 16.4. The van der Waals surface area contributed by atoms with Crippen molar-refractivity contribution >= 4 is 5.91 Å². The number of nitrogens with zero attached hydrogens (tertiary/aromatic N) is 2. The standard InChI is InChI=1S/C14H18FN3O/c1-17-9-12-8-16-5-6-18(12)13(14(17)19)10-3-2-4-11(15)7-10/h2-4,7,12-13,16H,5-6,8-9H2,1H3. The van der Waals surface area contributed by atoms with Gasteiger partial charge in [-0.1, -0.05) is 12.1 Å². The lowest BCUT2D eigenvalue weighted by Gasteiger charge is -2.47. The average molecular weight is 263 g/mol. The topological polar surface area (TPSA) is 35.6 Å². The molecular formula is C14H18FN3O. The molecule has 2 atom stereocenters. The van der Waals surface area contributed by atoms with Crippen molar-refractivity contribution in [2.45, 2.75) is 12.1 Å². The fourth-order valence-corrected chi connectivity index (χ4v) is 3.05. The predicted molar refractivity (Wildman–Crippen MR) is 70.1 cm³/mol. The molecule has 0 bridgehead atoms. The number of carbonyl (C=O) groups is 1. The van der Waals surface area contributed by atoms with Gasteiger partial charge in [0.15, 0.2) is 0 Å². The van der Waals surface area contributed by atoms with Crippen LogP contribution in [0.5, 0.6) is 0 Å². The number of hydrogen-bond donors (Lipinski definition) is 1. The minimum atomic E-state index is -0.346. The first-order valence-corrected chi connectivity index (χ1v) is 6.64. The van der Waals surface area contributed by atoms with Crippen molar-refractivity contribution in [3.8, 4) is 0 Å². The first-order valence-electron chi connectivity index (χ1n) is 6.64. The van der Waals surface area contributed by atoms with Gasteiger partial charge in [0.1, 0.15) is 11.9 Å². The van der Waals surface area contributed by atoms with Crippen LogP contribution in [-0.4, -0.2) is 55.0 Å². The molecule has 0 aliphatic carbocycles. The van der Waals surface area contributed by atoms with E-state index in [2.05, 4.69) is 10.2 Å². The molecule has 1 amide bonds. The number of amides is 1. The summed E-state index contributed by atoms with van der Waals surface area (Å²) in [5, 5.41) is 3.35. The highest BCUT2D eigenvalue weighted by atomic mass is 19.1. The summed E-state index contributed by atoms with van der Waals surface area (Å²) in [5.74, 6) is -0.228. The summed E-state index contributed by atoms with van der Waals surface area (Å²) in [6.07, 6.45) is 0. The summed E-state index contributed by atoms with van der Waals surface area (Å²) < 4.78 is 13.4. The van der Waals surface area contributed by atoms with E-state index < -0.39 is 0 Å². The largest absolute Gasteiger partial charge is 0.342 e. The molecule has 0 saturated carbocycles. The van der Waals surface area contributed by atoms with E-state index in [1.807, 2.05) is 13.1 Å². The van der Waals surface area contributed by atoms with Crippen molar-refractivity contribution in [2.75, 3.05) is 33.2 Å². The van der Waals surface area contributed by atoms with Crippen LogP contribution in [-0.2, 0) is 4.79 Å². The molecule has 19 heavy (non-hydrogen) atoms. The normalized spacial score (nSPS) is 28.3. The minimum absolute atomic E-state index is 0.0590. The second-order valence-corrected chi connectivity index (χ2v) is 5.27. The number of carbonyl (C=O) groups excluding carboxylic acids is 1. The highest BCUT2D eigenvalue weighted by molar-refractivity contribution is 5.84. The fourth-order valence-electron chi connectivity index (χ4n) is 3.05. The number of rotatable bonds is 1. The van der Waals surface area contributed by atoms with E-state index in [1.165, 1.54) is 12.1 Å². The predicted octanol–water partition coefficient (Wildman–Crippen LogP) is 0.613. The maximum absolute atomic E-state index is 13.4. The van der Waals surface area contributed by atoms with Crippen molar-refractivity contribution in [2.24, 2.45) is 0 Å². The molecule has 2 heterocycles. The van der Waals surface area contributed by atoms with Gasteiger partial charge in [-0.15, -0.1) is 0 Å². The van der Waals surface area contributed by atoms with Gasteiger partial charge in [0.25, 0.3) is 0 Å². The molecule has 2 fully saturated rings.